The molecule has 4 nitrogen and oxygen atoms in total. The third-order valence-electron chi connectivity index (χ3n) is 5.60. The minimum atomic E-state index is -0.446. The van der Waals surface area contributed by atoms with Crippen molar-refractivity contribution in [1.29, 1.82) is 5.26 Å². The Bertz CT molecular complexity index is 1440. The molecule has 1 aromatic heterocycles. The lowest BCUT2D eigenvalue weighted by Crippen LogP contribution is -2.13. The first-order valence-electron chi connectivity index (χ1n) is 10.4. The number of hydrogen-bond acceptors (Lipinski definition) is 2. The van der Waals surface area contributed by atoms with E-state index in [-0.39, 0.29) is 5.57 Å². The van der Waals surface area contributed by atoms with E-state index in [1.54, 1.807) is 18.2 Å². The van der Waals surface area contributed by atoms with Crippen LogP contribution in [0.5, 0.6) is 0 Å². The number of hydrogen-bond donors (Lipinski definition) is 1. The fourth-order valence-corrected chi connectivity index (χ4v) is 4.14. The number of carbonyl (C=O) groups excluding carboxylic acids is 1. The number of carbonyl (C=O) groups is 1. The third kappa shape index (κ3) is 4.96. The van der Waals surface area contributed by atoms with E-state index in [1.807, 2.05) is 79.2 Å². The number of fused-ring (bicyclic) bond motifs is 1. The van der Waals surface area contributed by atoms with Crippen molar-refractivity contribution in [1.82, 2.24) is 4.57 Å². The van der Waals surface area contributed by atoms with Gasteiger partial charge in [-0.15, -0.1) is 0 Å². The lowest BCUT2D eigenvalue weighted by Gasteiger charge is -2.08. The number of halogens is 2. The van der Waals surface area contributed by atoms with Crippen LogP contribution in [0.15, 0.2) is 72.4 Å². The number of rotatable bonds is 5. The molecule has 0 aliphatic rings. The van der Waals surface area contributed by atoms with Gasteiger partial charge in [-0.1, -0.05) is 53.5 Å². The first-order valence-corrected chi connectivity index (χ1v) is 11.1. The van der Waals surface area contributed by atoms with E-state index in [2.05, 4.69) is 5.32 Å². The van der Waals surface area contributed by atoms with E-state index in [1.165, 1.54) is 0 Å². The Labute approximate surface area is 202 Å². The molecule has 0 bridgehead atoms. The van der Waals surface area contributed by atoms with Crippen LogP contribution < -0.4 is 5.32 Å². The molecule has 1 heterocycles. The standard InChI is InChI=1S/C27H21Cl2N3O/c1-17-7-10-23(11-18(17)2)31-27(33)20(14-30)12-21-16-32(26-6-4-3-5-24(21)26)15-19-8-9-22(28)13-25(19)29/h3-13,16H,15H2,1-2H3,(H,31,33)/b20-12+. The summed E-state index contributed by atoms with van der Waals surface area (Å²) in [4.78, 5) is 12.8. The number of para-hydroxylation sites is 1. The zero-order valence-electron chi connectivity index (χ0n) is 18.2. The monoisotopic (exact) mass is 473 g/mol. The van der Waals surface area contributed by atoms with Crippen molar-refractivity contribution in [2.75, 3.05) is 5.32 Å². The second kappa shape index (κ2) is 9.54. The van der Waals surface area contributed by atoms with Crippen molar-refractivity contribution in [3.05, 3.63) is 105 Å². The molecule has 0 aliphatic heterocycles. The Kier molecular flexibility index (Phi) is 6.55. The normalized spacial score (nSPS) is 11.4. The minimum Gasteiger partial charge on any atom is -0.342 e. The molecule has 6 heteroatoms. The maximum absolute atomic E-state index is 12.8. The molecule has 0 fully saturated rings. The molecule has 0 saturated heterocycles. The summed E-state index contributed by atoms with van der Waals surface area (Å²) in [6.45, 7) is 4.52. The second-order valence-corrected chi connectivity index (χ2v) is 8.73. The Hall–Kier alpha value is -3.52. The molecule has 4 rings (SSSR count). The van der Waals surface area contributed by atoms with E-state index in [0.29, 0.717) is 22.3 Å². The van der Waals surface area contributed by atoms with E-state index in [0.717, 1.165) is 33.2 Å². The van der Waals surface area contributed by atoms with Crippen molar-refractivity contribution in [2.45, 2.75) is 20.4 Å². The van der Waals surface area contributed by atoms with Crippen LogP contribution in [0.3, 0.4) is 0 Å². The summed E-state index contributed by atoms with van der Waals surface area (Å²) < 4.78 is 2.05. The van der Waals surface area contributed by atoms with Gasteiger partial charge < -0.3 is 9.88 Å². The van der Waals surface area contributed by atoms with E-state index in [9.17, 15) is 10.1 Å². The van der Waals surface area contributed by atoms with E-state index >= 15 is 0 Å². The summed E-state index contributed by atoms with van der Waals surface area (Å²) in [5, 5.41) is 14.6. The average Bonchev–Trinajstić information content (AvgIpc) is 3.13. The lowest BCUT2D eigenvalue weighted by atomic mass is 10.1. The highest BCUT2D eigenvalue weighted by Gasteiger charge is 2.14. The molecule has 3 aromatic carbocycles. The number of aromatic nitrogens is 1. The predicted molar refractivity (Wildman–Crippen MR) is 136 cm³/mol. The second-order valence-electron chi connectivity index (χ2n) is 7.89. The van der Waals surface area contributed by atoms with Crippen LogP contribution in [-0.4, -0.2) is 10.5 Å². The molecule has 4 aromatic rings. The van der Waals surface area contributed by atoms with Gasteiger partial charge in [0.2, 0.25) is 0 Å². The van der Waals surface area contributed by atoms with Crippen molar-refractivity contribution in [3.63, 3.8) is 0 Å². The molecule has 0 radical (unpaired) electrons. The van der Waals surface area contributed by atoms with Gasteiger partial charge in [-0.25, -0.2) is 0 Å². The number of nitrogens with zero attached hydrogens (tertiary/aromatic N) is 2. The zero-order valence-corrected chi connectivity index (χ0v) is 19.7. The number of anilines is 1. The van der Waals surface area contributed by atoms with Gasteiger partial charge in [-0.2, -0.15) is 5.26 Å². The van der Waals surface area contributed by atoms with Crippen molar-refractivity contribution >= 4 is 51.8 Å². The summed E-state index contributed by atoms with van der Waals surface area (Å²) in [6, 6.07) is 21.0. The molecular weight excluding hydrogens is 453 g/mol. The summed E-state index contributed by atoms with van der Waals surface area (Å²) in [5.41, 5.74) is 5.57. The number of nitrogens with one attached hydrogen (secondary N) is 1. The van der Waals surface area contributed by atoms with Gasteiger partial charge in [-0.05, 0) is 66.9 Å². The Morgan fingerprint density at radius 3 is 2.58 bits per heavy atom. The molecule has 33 heavy (non-hydrogen) atoms. The molecular formula is C27H21Cl2N3O. The largest absolute Gasteiger partial charge is 0.342 e. The average molecular weight is 474 g/mol. The Morgan fingerprint density at radius 1 is 1.06 bits per heavy atom. The van der Waals surface area contributed by atoms with Crippen molar-refractivity contribution in [2.24, 2.45) is 0 Å². The van der Waals surface area contributed by atoms with Gasteiger partial charge >= 0.3 is 0 Å². The predicted octanol–water partition coefficient (Wildman–Crippen LogP) is 7.16. The summed E-state index contributed by atoms with van der Waals surface area (Å²) >= 11 is 12.4. The minimum absolute atomic E-state index is 0.0284. The molecule has 164 valence electrons. The topological polar surface area (TPSA) is 57.8 Å². The summed E-state index contributed by atoms with van der Waals surface area (Å²) in [7, 11) is 0. The molecule has 0 spiro atoms. The van der Waals surface area contributed by atoms with Gasteiger partial charge in [-0.3, -0.25) is 4.79 Å². The number of aryl methyl sites for hydroxylation is 2. The highest BCUT2D eigenvalue weighted by atomic mass is 35.5. The van der Waals surface area contributed by atoms with Crippen LogP contribution in [-0.2, 0) is 11.3 Å². The van der Waals surface area contributed by atoms with Crippen LogP contribution in [0.4, 0.5) is 5.69 Å². The van der Waals surface area contributed by atoms with Gasteiger partial charge in [0.25, 0.3) is 5.91 Å². The number of nitriles is 1. The zero-order chi connectivity index (χ0) is 23.5. The highest BCUT2D eigenvalue weighted by Crippen LogP contribution is 2.27. The van der Waals surface area contributed by atoms with E-state index in [4.69, 9.17) is 23.2 Å². The van der Waals surface area contributed by atoms with Crippen LogP contribution in [0.2, 0.25) is 10.0 Å². The first-order chi connectivity index (χ1) is 15.9. The van der Waals surface area contributed by atoms with Crippen LogP contribution in [0, 0.1) is 25.2 Å². The van der Waals surface area contributed by atoms with E-state index < -0.39 is 5.91 Å². The van der Waals surface area contributed by atoms with Gasteiger partial charge in [0.1, 0.15) is 11.6 Å². The molecule has 0 saturated carbocycles. The maximum atomic E-state index is 12.8. The summed E-state index contributed by atoms with van der Waals surface area (Å²) in [5.74, 6) is -0.446. The van der Waals surface area contributed by atoms with Crippen LogP contribution >= 0.6 is 23.2 Å². The van der Waals surface area contributed by atoms with Gasteiger partial charge in [0.15, 0.2) is 0 Å². The van der Waals surface area contributed by atoms with Crippen molar-refractivity contribution < 1.29 is 4.79 Å². The Morgan fingerprint density at radius 2 is 1.85 bits per heavy atom. The smallest absolute Gasteiger partial charge is 0.266 e. The molecule has 0 atom stereocenters. The maximum Gasteiger partial charge on any atom is 0.266 e. The molecule has 1 amide bonds. The van der Waals surface area contributed by atoms with Crippen LogP contribution in [0.1, 0.15) is 22.3 Å². The Balaban J connectivity index is 1.68. The van der Waals surface area contributed by atoms with Crippen molar-refractivity contribution in [3.8, 4) is 6.07 Å². The number of amides is 1. The number of benzene rings is 3. The molecule has 0 unspecified atom stereocenters. The van der Waals surface area contributed by atoms with Gasteiger partial charge in [0.05, 0.1) is 0 Å². The quantitative estimate of drug-likeness (QED) is 0.247. The third-order valence-corrected chi connectivity index (χ3v) is 6.19. The summed E-state index contributed by atoms with van der Waals surface area (Å²) in [6.07, 6.45) is 3.55. The molecule has 1 N–H and O–H groups in total. The fraction of sp³-hybridized carbons (Fsp3) is 0.111. The van der Waals surface area contributed by atoms with Crippen LogP contribution in [0.25, 0.3) is 17.0 Å². The first kappa shape index (κ1) is 22.7. The lowest BCUT2D eigenvalue weighted by molar-refractivity contribution is -0.112. The molecule has 0 aliphatic carbocycles. The fourth-order valence-electron chi connectivity index (χ4n) is 3.68. The van der Waals surface area contributed by atoms with Gasteiger partial charge in [0, 0.05) is 44.9 Å². The highest BCUT2D eigenvalue weighted by molar-refractivity contribution is 6.35. The SMILES string of the molecule is Cc1ccc(NC(=O)/C(C#N)=C/c2cn(Cc3ccc(Cl)cc3Cl)c3ccccc23)cc1C.